The molecule has 9 nitrogen and oxygen atoms in total. The lowest BCUT2D eigenvalue weighted by atomic mass is 10.1. The van der Waals surface area contributed by atoms with Crippen molar-refractivity contribution in [2.45, 2.75) is 6.92 Å². The number of hydrogen-bond acceptors (Lipinski definition) is 8. The molecular weight excluding hydrogens is 424 g/mol. The van der Waals surface area contributed by atoms with Crippen LogP contribution in [-0.4, -0.2) is 53.4 Å². The summed E-state index contributed by atoms with van der Waals surface area (Å²) in [6, 6.07) is 13.5. The van der Waals surface area contributed by atoms with Crippen molar-refractivity contribution in [1.29, 1.82) is 0 Å². The first kappa shape index (κ1) is 22.0. The first-order valence-corrected chi connectivity index (χ1v) is 9.62. The van der Waals surface area contributed by atoms with E-state index in [1.165, 1.54) is 13.3 Å². The van der Waals surface area contributed by atoms with E-state index >= 15 is 0 Å². The zero-order valence-electron chi connectivity index (χ0n) is 16.8. The summed E-state index contributed by atoms with van der Waals surface area (Å²) >= 11 is 5.88. The highest BCUT2D eigenvalue weighted by molar-refractivity contribution is 6.30. The second-order valence-corrected chi connectivity index (χ2v) is 6.53. The van der Waals surface area contributed by atoms with Crippen LogP contribution in [0.5, 0.6) is 11.6 Å². The van der Waals surface area contributed by atoms with Gasteiger partial charge in [0, 0.05) is 10.6 Å². The number of carbonyl (C=O) groups is 2. The molecule has 1 aromatic heterocycles. The molecule has 0 atom stereocenters. The lowest BCUT2D eigenvalue weighted by molar-refractivity contribution is 0.0512. The predicted octanol–water partition coefficient (Wildman–Crippen LogP) is 3.26. The molecule has 0 N–H and O–H groups in total. The molecule has 0 saturated heterocycles. The topological polar surface area (TPSA) is 105 Å². The Bertz CT molecular complexity index is 1080. The van der Waals surface area contributed by atoms with E-state index in [1.807, 2.05) is 0 Å². The van der Waals surface area contributed by atoms with Crippen molar-refractivity contribution in [1.82, 2.24) is 15.1 Å². The molecule has 10 heteroatoms. The van der Waals surface area contributed by atoms with E-state index in [-0.39, 0.29) is 30.6 Å². The van der Waals surface area contributed by atoms with Gasteiger partial charge in [0.15, 0.2) is 12.4 Å². The van der Waals surface area contributed by atoms with Crippen molar-refractivity contribution >= 4 is 29.6 Å². The monoisotopic (exact) mass is 442 g/mol. The SMILES string of the molecule is CCOC(=O)c1nnn(/N=C\c2ccc(Cl)cc2)c1OCC(=O)c1ccc(OC)cc1. The maximum absolute atomic E-state index is 12.5. The number of Topliss-reactive ketones (excluding diaryl/α,β-unsaturated/α-hetero) is 1. The maximum Gasteiger partial charge on any atom is 0.364 e. The van der Waals surface area contributed by atoms with Crippen LogP contribution in [0.4, 0.5) is 0 Å². The zero-order valence-corrected chi connectivity index (χ0v) is 17.6. The standard InChI is InChI=1S/C21H19ClN4O5/c1-3-30-21(28)19-20(31-13-18(27)15-6-10-17(29-2)11-7-15)26(25-24-19)23-12-14-4-8-16(22)9-5-14/h4-12H,3,13H2,1-2H3/b23-12-. The second kappa shape index (κ2) is 10.4. The van der Waals surface area contributed by atoms with Crippen molar-refractivity contribution in [2.75, 3.05) is 20.3 Å². The summed E-state index contributed by atoms with van der Waals surface area (Å²) < 4.78 is 15.6. The minimum absolute atomic E-state index is 0.106. The molecule has 31 heavy (non-hydrogen) atoms. The van der Waals surface area contributed by atoms with Crippen LogP contribution in [0, 0.1) is 0 Å². The number of benzene rings is 2. The normalized spacial score (nSPS) is 10.8. The van der Waals surface area contributed by atoms with Crippen LogP contribution in [0.3, 0.4) is 0 Å². The minimum Gasteiger partial charge on any atom is -0.497 e. The third-order valence-electron chi connectivity index (χ3n) is 4.02. The Hall–Kier alpha value is -3.72. The summed E-state index contributed by atoms with van der Waals surface area (Å²) in [4.78, 5) is 25.7. The number of hydrogen-bond donors (Lipinski definition) is 0. The number of aromatic nitrogens is 3. The Morgan fingerprint density at radius 2 is 1.84 bits per heavy atom. The van der Waals surface area contributed by atoms with Gasteiger partial charge in [-0.15, -0.1) is 5.10 Å². The van der Waals surface area contributed by atoms with Crippen molar-refractivity contribution < 1.29 is 23.8 Å². The number of ketones is 1. The third kappa shape index (κ3) is 5.67. The predicted molar refractivity (Wildman–Crippen MR) is 113 cm³/mol. The van der Waals surface area contributed by atoms with E-state index < -0.39 is 5.97 Å². The summed E-state index contributed by atoms with van der Waals surface area (Å²) in [5, 5.41) is 12.3. The fourth-order valence-electron chi connectivity index (χ4n) is 2.46. The molecule has 3 aromatic rings. The fraction of sp³-hybridized carbons (Fsp3) is 0.190. The average Bonchev–Trinajstić information content (AvgIpc) is 3.20. The molecule has 0 aliphatic carbocycles. The first-order valence-electron chi connectivity index (χ1n) is 9.24. The van der Waals surface area contributed by atoms with Crippen LogP contribution in [0.25, 0.3) is 0 Å². The van der Waals surface area contributed by atoms with Crippen LogP contribution < -0.4 is 9.47 Å². The molecule has 0 fully saturated rings. The van der Waals surface area contributed by atoms with Gasteiger partial charge in [-0.2, -0.15) is 5.10 Å². The van der Waals surface area contributed by atoms with E-state index in [2.05, 4.69) is 15.4 Å². The van der Waals surface area contributed by atoms with Crippen molar-refractivity contribution in [3.05, 3.63) is 70.4 Å². The molecule has 0 amide bonds. The van der Waals surface area contributed by atoms with Gasteiger partial charge in [-0.05, 0) is 54.1 Å². The fourth-order valence-corrected chi connectivity index (χ4v) is 2.58. The quantitative estimate of drug-likeness (QED) is 0.284. The first-order chi connectivity index (χ1) is 15.0. The molecule has 0 saturated carbocycles. The maximum atomic E-state index is 12.5. The number of methoxy groups -OCH3 is 1. The molecule has 3 rings (SSSR count). The zero-order chi connectivity index (χ0) is 22.2. The molecule has 0 aliphatic rings. The van der Waals surface area contributed by atoms with Crippen LogP contribution in [0.1, 0.15) is 33.3 Å². The van der Waals surface area contributed by atoms with Crippen molar-refractivity contribution in [2.24, 2.45) is 5.10 Å². The van der Waals surface area contributed by atoms with Gasteiger partial charge in [0.25, 0.3) is 5.88 Å². The van der Waals surface area contributed by atoms with Crippen molar-refractivity contribution in [3.63, 3.8) is 0 Å². The smallest absolute Gasteiger partial charge is 0.364 e. The lowest BCUT2D eigenvalue weighted by Crippen LogP contribution is -2.15. The van der Waals surface area contributed by atoms with Gasteiger partial charge in [0.2, 0.25) is 5.69 Å². The number of nitrogens with zero attached hydrogens (tertiary/aromatic N) is 4. The molecule has 0 spiro atoms. The van der Waals surface area contributed by atoms with Gasteiger partial charge in [-0.1, -0.05) is 28.5 Å². The van der Waals surface area contributed by atoms with Crippen LogP contribution >= 0.6 is 11.6 Å². The third-order valence-corrected chi connectivity index (χ3v) is 4.27. The largest absolute Gasteiger partial charge is 0.497 e. The molecule has 0 unspecified atom stereocenters. The number of esters is 1. The van der Waals surface area contributed by atoms with Gasteiger partial charge in [-0.25, -0.2) is 4.79 Å². The second-order valence-electron chi connectivity index (χ2n) is 6.09. The van der Waals surface area contributed by atoms with Gasteiger partial charge >= 0.3 is 5.97 Å². The van der Waals surface area contributed by atoms with E-state index in [9.17, 15) is 9.59 Å². The molecule has 160 valence electrons. The summed E-state index contributed by atoms with van der Waals surface area (Å²) in [5.74, 6) is -0.527. The summed E-state index contributed by atoms with van der Waals surface area (Å²) in [5.41, 5.74) is 0.970. The molecule has 0 bridgehead atoms. The van der Waals surface area contributed by atoms with Crippen LogP contribution in [-0.2, 0) is 4.74 Å². The Morgan fingerprint density at radius 3 is 2.48 bits per heavy atom. The molecule has 2 aromatic carbocycles. The van der Waals surface area contributed by atoms with Gasteiger partial charge < -0.3 is 14.2 Å². The molecule has 1 heterocycles. The van der Waals surface area contributed by atoms with E-state index in [0.717, 1.165) is 10.4 Å². The van der Waals surface area contributed by atoms with Crippen LogP contribution in [0.2, 0.25) is 5.02 Å². The Kier molecular flexibility index (Phi) is 7.34. The molecular formula is C21H19ClN4O5. The highest BCUT2D eigenvalue weighted by atomic mass is 35.5. The number of halogens is 1. The summed E-state index contributed by atoms with van der Waals surface area (Å²) in [6.07, 6.45) is 1.48. The Balaban J connectivity index is 1.81. The molecule has 0 aliphatic heterocycles. The van der Waals surface area contributed by atoms with E-state index in [1.54, 1.807) is 55.5 Å². The van der Waals surface area contributed by atoms with E-state index in [4.69, 9.17) is 25.8 Å². The van der Waals surface area contributed by atoms with Crippen molar-refractivity contribution in [3.8, 4) is 11.6 Å². The van der Waals surface area contributed by atoms with Gasteiger partial charge in [0.05, 0.1) is 19.9 Å². The Morgan fingerprint density at radius 1 is 1.13 bits per heavy atom. The van der Waals surface area contributed by atoms with Gasteiger partial charge in [-0.3, -0.25) is 4.79 Å². The highest BCUT2D eigenvalue weighted by Crippen LogP contribution is 2.18. The van der Waals surface area contributed by atoms with Gasteiger partial charge in [0.1, 0.15) is 5.75 Å². The van der Waals surface area contributed by atoms with E-state index in [0.29, 0.717) is 16.3 Å². The van der Waals surface area contributed by atoms with Crippen LogP contribution in [0.15, 0.2) is 53.6 Å². The number of carbonyl (C=O) groups excluding carboxylic acids is 2. The number of ether oxygens (including phenoxy) is 3. The molecule has 0 radical (unpaired) electrons. The highest BCUT2D eigenvalue weighted by Gasteiger charge is 2.23. The summed E-state index contributed by atoms with van der Waals surface area (Å²) in [6.45, 7) is 1.45. The Labute approximate surface area is 183 Å². The summed E-state index contributed by atoms with van der Waals surface area (Å²) in [7, 11) is 1.54. The lowest BCUT2D eigenvalue weighted by Gasteiger charge is -2.07. The number of rotatable bonds is 9. The minimum atomic E-state index is -0.734. The average molecular weight is 443 g/mol.